The minimum absolute atomic E-state index is 0.127. The Balaban J connectivity index is 1.54. The summed E-state index contributed by atoms with van der Waals surface area (Å²) in [4.78, 5) is 18.9. The molecule has 0 radical (unpaired) electrons. The van der Waals surface area contributed by atoms with Gasteiger partial charge in [-0.1, -0.05) is 32.9 Å². The van der Waals surface area contributed by atoms with Crippen LogP contribution in [0.1, 0.15) is 36.8 Å². The molecule has 1 aliphatic rings. The molecule has 1 saturated heterocycles. The fourth-order valence-electron chi connectivity index (χ4n) is 3.10. The van der Waals surface area contributed by atoms with Crippen molar-refractivity contribution in [2.75, 3.05) is 44.7 Å². The number of amides is 1. The molecule has 0 spiro atoms. The SMILES string of the molecule is CC(C)(C)c1ccc(Nc2ccnc(C(=O)NCCN3CCOCC3)c2)cc1. The minimum atomic E-state index is -0.153. The van der Waals surface area contributed by atoms with E-state index in [2.05, 4.69) is 65.6 Å². The van der Waals surface area contributed by atoms with Crippen LogP contribution in [0.15, 0.2) is 42.6 Å². The van der Waals surface area contributed by atoms with Gasteiger partial charge in [0.05, 0.1) is 13.2 Å². The van der Waals surface area contributed by atoms with Crippen LogP contribution in [-0.4, -0.2) is 55.2 Å². The number of aromatic nitrogens is 1. The molecule has 6 heteroatoms. The zero-order chi connectivity index (χ0) is 20.0. The lowest BCUT2D eigenvalue weighted by Gasteiger charge is -2.26. The summed E-state index contributed by atoms with van der Waals surface area (Å²) in [6, 6.07) is 12.0. The van der Waals surface area contributed by atoms with Gasteiger partial charge in [-0.15, -0.1) is 0 Å². The first-order valence-corrected chi connectivity index (χ1v) is 9.84. The molecule has 2 heterocycles. The number of carbonyl (C=O) groups is 1. The van der Waals surface area contributed by atoms with Crippen LogP contribution in [0.2, 0.25) is 0 Å². The molecule has 1 amide bonds. The lowest BCUT2D eigenvalue weighted by atomic mass is 9.87. The Hall–Kier alpha value is -2.44. The average Bonchev–Trinajstić information content (AvgIpc) is 2.69. The molecule has 0 unspecified atom stereocenters. The highest BCUT2D eigenvalue weighted by Gasteiger charge is 2.14. The largest absolute Gasteiger partial charge is 0.379 e. The van der Waals surface area contributed by atoms with Crippen LogP contribution in [0.25, 0.3) is 0 Å². The maximum atomic E-state index is 12.4. The molecule has 3 rings (SSSR count). The van der Waals surface area contributed by atoms with Gasteiger partial charge in [0.25, 0.3) is 5.91 Å². The Morgan fingerprint density at radius 2 is 1.82 bits per heavy atom. The predicted octanol–water partition coefficient (Wildman–Crippen LogP) is 3.18. The Bertz CT molecular complexity index is 778. The summed E-state index contributed by atoms with van der Waals surface area (Å²) in [5.74, 6) is -0.153. The van der Waals surface area contributed by atoms with Crippen molar-refractivity contribution in [1.29, 1.82) is 0 Å². The minimum Gasteiger partial charge on any atom is -0.379 e. The summed E-state index contributed by atoms with van der Waals surface area (Å²) < 4.78 is 5.34. The molecule has 0 bridgehead atoms. The van der Waals surface area contributed by atoms with Crippen molar-refractivity contribution in [2.24, 2.45) is 0 Å². The van der Waals surface area contributed by atoms with E-state index in [1.54, 1.807) is 12.3 Å². The first-order chi connectivity index (χ1) is 13.4. The molecule has 2 N–H and O–H groups in total. The molecule has 0 saturated carbocycles. The lowest BCUT2D eigenvalue weighted by molar-refractivity contribution is 0.0383. The maximum absolute atomic E-state index is 12.4. The first-order valence-electron chi connectivity index (χ1n) is 9.84. The lowest BCUT2D eigenvalue weighted by Crippen LogP contribution is -2.41. The maximum Gasteiger partial charge on any atom is 0.269 e. The highest BCUT2D eigenvalue weighted by Crippen LogP contribution is 2.25. The van der Waals surface area contributed by atoms with Crippen LogP contribution in [0, 0.1) is 0 Å². The van der Waals surface area contributed by atoms with Crippen molar-refractivity contribution < 1.29 is 9.53 Å². The number of carbonyl (C=O) groups excluding carboxylic acids is 1. The third kappa shape index (κ3) is 5.78. The highest BCUT2D eigenvalue weighted by atomic mass is 16.5. The third-order valence-corrected chi connectivity index (χ3v) is 4.85. The summed E-state index contributed by atoms with van der Waals surface area (Å²) in [6.07, 6.45) is 1.66. The molecule has 1 aromatic carbocycles. The molecule has 150 valence electrons. The summed E-state index contributed by atoms with van der Waals surface area (Å²) in [5, 5.41) is 6.29. The molecule has 0 aliphatic carbocycles. The molecule has 0 atom stereocenters. The topological polar surface area (TPSA) is 66.5 Å². The van der Waals surface area contributed by atoms with Crippen LogP contribution in [0.5, 0.6) is 0 Å². The molecular weight excluding hydrogens is 352 g/mol. The summed E-state index contributed by atoms with van der Waals surface area (Å²) in [7, 11) is 0. The average molecular weight is 383 g/mol. The first kappa shape index (κ1) is 20.3. The third-order valence-electron chi connectivity index (χ3n) is 4.85. The van der Waals surface area contributed by atoms with E-state index in [1.807, 2.05) is 6.07 Å². The molecular formula is C22H30N4O2. The van der Waals surface area contributed by atoms with Crippen LogP contribution in [0.4, 0.5) is 11.4 Å². The summed E-state index contributed by atoms with van der Waals surface area (Å²) in [5.41, 5.74) is 3.66. The van der Waals surface area contributed by atoms with Crippen molar-refractivity contribution in [3.63, 3.8) is 0 Å². The monoisotopic (exact) mass is 382 g/mol. The Morgan fingerprint density at radius 1 is 1.11 bits per heavy atom. The number of rotatable bonds is 6. The van der Waals surface area contributed by atoms with E-state index in [1.165, 1.54) is 5.56 Å². The number of morpholine rings is 1. The van der Waals surface area contributed by atoms with Gasteiger partial charge >= 0.3 is 0 Å². The van der Waals surface area contributed by atoms with Crippen molar-refractivity contribution in [1.82, 2.24) is 15.2 Å². The number of anilines is 2. The molecule has 1 fully saturated rings. The van der Waals surface area contributed by atoms with E-state index < -0.39 is 0 Å². The Labute approximate surface area is 167 Å². The van der Waals surface area contributed by atoms with Gasteiger partial charge in [0.15, 0.2) is 0 Å². The van der Waals surface area contributed by atoms with Gasteiger partial charge < -0.3 is 15.4 Å². The van der Waals surface area contributed by atoms with Crippen molar-refractivity contribution in [3.8, 4) is 0 Å². The highest BCUT2D eigenvalue weighted by molar-refractivity contribution is 5.93. The van der Waals surface area contributed by atoms with E-state index in [9.17, 15) is 4.79 Å². The fourth-order valence-corrected chi connectivity index (χ4v) is 3.10. The van der Waals surface area contributed by atoms with Gasteiger partial charge in [0.2, 0.25) is 0 Å². The second-order valence-corrected chi connectivity index (χ2v) is 8.09. The van der Waals surface area contributed by atoms with Gasteiger partial charge in [-0.3, -0.25) is 14.7 Å². The van der Waals surface area contributed by atoms with E-state index >= 15 is 0 Å². The van der Waals surface area contributed by atoms with Crippen molar-refractivity contribution in [2.45, 2.75) is 26.2 Å². The van der Waals surface area contributed by atoms with Crippen LogP contribution < -0.4 is 10.6 Å². The number of hydrogen-bond acceptors (Lipinski definition) is 5. The second-order valence-electron chi connectivity index (χ2n) is 8.09. The number of hydrogen-bond donors (Lipinski definition) is 2. The molecule has 1 aliphatic heterocycles. The fraction of sp³-hybridized carbons (Fsp3) is 0.455. The van der Waals surface area contributed by atoms with Gasteiger partial charge in [-0.05, 0) is 35.2 Å². The zero-order valence-corrected chi connectivity index (χ0v) is 17.0. The van der Waals surface area contributed by atoms with E-state index in [4.69, 9.17) is 4.74 Å². The van der Waals surface area contributed by atoms with E-state index in [-0.39, 0.29) is 11.3 Å². The summed E-state index contributed by atoms with van der Waals surface area (Å²) in [6.45, 7) is 11.4. The number of nitrogens with one attached hydrogen (secondary N) is 2. The van der Waals surface area contributed by atoms with Gasteiger partial charge in [0.1, 0.15) is 5.69 Å². The number of pyridine rings is 1. The van der Waals surface area contributed by atoms with Crippen molar-refractivity contribution >= 4 is 17.3 Å². The summed E-state index contributed by atoms with van der Waals surface area (Å²) >= 11 is 0. The van der Waals surface area contributed by atoms with Crippen molar-refractivity contribution in [3.05, 3.63) is 53.9 Å². The molecule has 28 heavy (non-hydrogen) atoms. The zero-order valence-electron chi connectivity index (χ0n) is 17.0. The van der Waals surface area contributed by atoms with Gasteiger partial charge in [-0.25, -0.2) is 0 Å². The van der Waals surface area contributed by atoms with Crippen LogP contribution in [-0.2, 0) is 10.2 Å². The second kappa shape index (κ2) is 9.17. The van der Waals surface area contributed by atoms with E-state index in [0.717, 1.165) is 44.2 Å². The van der Waals surface area contributed by atoms with E-state index in [0.29, 0.717) is 12.2 Å². The number of benzene rings is 1. The van der Waals surface area contributed by atoms with Gasteiger partial charge in [0, 0.05) is 43.8 Å². The molecule has 6 nitrogen and oxygen atoms in total. The Kier molecular flexibility index (Phi) is 6.65. The smallest absolute Gasteiger partial charge is 0.269 e. The molecule has 1 aromatic heterocycles. The molecule has 2 aromatic rings. The van der Waals surface area contributed by atoms with Gasteiger partial charge in [-0.2, -0.15) is 0 Å². The predicted molar refractivity (Wildman–Crippen MR) is 112 cm³/mol. The van der Waals surface area contributed by atoms with Crippen LogP contribution >= 0.6 is 0 Å². The number of ether oxygens (including phenoxy) is 1. The Morgan fingerprint density at radius 3 is 2.50 bits per heavy atom. The standard InChI is InChI=1S/C22H30N4O2/c1-22(2,3)17-4-6-18(7-5-17)25-19-8-9-23-20(16-19)21(27)24-10-11-26-12-14-28-15-13-26/h4-9,16H,10-15H2,1-3H3,(H,23,25)(H,24,27). The normalized spacial score (nSPS) is 15.2. The quantitative estimate of drug-likeness (QED) is 0.803. The number of nitrogens with zero attached hydrogens (tertiary/aromatic N) is 2. The van der Waals surface area contributed by atoms with Crippen LogP contribution in [0.3, 0.4) is 0 Å².